The van der Waals surface area contributed by atoms with Crippen LogP contribution in [0.5, 0.6) is 0 Å². The van der Waals surface area contributed by atoms with Gasteiger partial charge in [-0.1, -0.05) is 29.8 Å². The molecule has 1 aliphatic heterocycles. The highest BCUT2D eigenvalue weighted by atomic mass is 15.2. The van der Waals surface area contributed by atoms with E-state index in [1.807, 2.05) is 7.05 Å². The average molecular weight is 240 g/mol. The van der Waals surface area contributed by atoms with E-state index < -0.39 is 0 Å². The highest BCUT2D eigenvalue weighted by molar-refractivity contribution is 5.72. The molecule has 0 bridgehead atoms. The molecule has 92 valence electrons. The van der Waals surface area contributed by atoms with E-state index in [1.54, 1.807) is 0 Å². The van der Waals surface area contributed by atoms with Crippen LogP contribution in [0.15, 0.2) is 24.3 Å². The van der Waals surface area contributed by atoms with Gasteiger partial charge in [0.1, 0.15) is 5.82 Å². The lowest BCUT2D eigenvalue weighted by Crippen LogP contribution is -2.14. The van der Waals surface area contributed by atoms with Gasteiger partial charge in [-0.15, -0.1) is 0 Å². The molecule has 0 saturated heterocycles. The van der Waals surface area contributed by atoms with Gasteiger partial charge < -0.3 is 10.6 Å². The van der Waals surface area contributed by atoms with E-state index >= 15 is 0 Å². The molecule has 0 amide bonds. The summed E-state index contributed by atoms with van der Waals surface area (Å²) in [7, 11) is 2.04. The Kier molecular flexibility index (Phi) is 2.44. The molecule has 1 aromatic heterocycles. The van der Waals surface area contributed by atoms with Gasteiger partial charge in [0.05, 0.1) is 5.69 Å². The van der Waals surface area contributed by atoms with Gasteiger partial charge in [-0.3, -0.25) is 0 Å². The minimum atomic E-state index is 0.345. The van der Waals surface area contributed by atoms with Crippen molar-refractivity contribution in [2.75, 3.05) is 24.2 Å². The van der Waals surface area contributed by atoms with Crippen LogP contribution >= 0.6 is 0 Å². The summed E-state index contributed by atoms with van der Waals surface area (Å²) >= 11 is 0. The summed E-state index contributed by atoms with van der Waals surface area (Å²) in [5, 5.41) is 0. The van der Waals surface area contributed by atoms with Crippen LogP contribution in [0.4, 0.5) is 11.8 Å². The molecule has 2 N–H and O–H groups in total. The molecule has 3 rings (SSSR count). The fourth-order valence-electron chi connectivity index (χ4n) is 2.37. The van der Waals surface area contributed by atoms with Crippen molar-refractivity contribution < 1.29 is 0 Å². The molecule has 2 heterocycles. The van der Waals surface area contributed by atoms with E-state index in [0.717, 1.165) is 30.0 Å². The molecule has 1 aromatic carbocycles. The lowest BCUT2D eigenvalue weighted by molar-refractivity contribution is 0.946. The normalized spacial score (nSPS) is 13.8. The number of likely N-dealkylation sites (N-methyl/N-ethyl adjacent to an activating group) is 1. The number of aromatic nitrogens is 2. The van der Waals surface area contributed by atoms with Crippen molar-refractivity contribution in [1.29, 1.82) is 0 Å². The number of fused-ring (bicyclic) bond motifs is 1. The maximum Gasteiger partial charge on any atom is 0.222 e. The minimum absolute atomic E-state index is 0.345. The molecule has 2 aromatic rings. The van der Waals surface area contributed by atoms with Gasteiger partial charge >= 0.3 is 0 Å². The molecule has 0 radical (unpaired) electrons. The van der Waals surface area contributed by atoms with Crippen LogP contribution in [0.25, 0.3) is 11.3 Å². The van der Waals surface area contributed by atoms with Crippen molar-refractivity contribution in [3.05, 3.63) is 35.4 Å². The van der Waals surface area contributed by atoms with E-state index in [9.17, 15) is 0 Å². The fourth-order valence-corrected chi connectivity index (χ4v) is 2.37. The third kappa shape index (κ3) is 1.70. The molecule has 0 aliphatic carbocycles. The third-order valence-electron chi connectivity index (χ3n) is 3.39. The predicted molar refractivity (Wildman–Crippen MR) is 73.6 cm³/mol. The van der Waals surface area contributed by atoms with Crippen molar-refractivity contribution in [3.8, 4) is 11.3 Å². The van der Waals surface area contributed by atoms with Gasteiger partial charge in [0.2, 0.25) is 5.95 Å². The Hall–Kier alpha value is -2.10. The number of hydrogen-bond acceptors (Lipinski definition) is 4. The van der Waals surface area contributed by atoms with Crippen molar-refractivity contribution >= 4 is 11.8 Å². The number of hydrogen-bond donors (Lipinski definition) is 1. The number of rotatable bonds is 1. The molecular formula is C14H16N4. The largest absolute Gasteiger partial charge is 0.368 e. The molecule has 1 aliphatic rings. The summed E-state index contributed by atoms with van der Waals surface area (Å²) in [5.74, 6) is 1.32. The fraction of sp³-hybridized carbons (Fsp3) is 0.286. The van der Waals surface area contributed by atoms with Crippen molar-refractivity contribution in [3.63, 3.8) is 0 Å². The van der Waals surface area contributed by atoms with Crippen LogP contribution in [-0.4, -0.2) is 23.6 Å². The third-order valence-corrected chi connectivity index (χ3v) is 3.39. The van der Waals surface area contributed by atoms with Crippen molar-refractivity contribution in [2.24, 2.45) is 0 Å². The quantitative estimate of drug-likeness (QED) is 0.828. The first-order chi connectivity index (χ1) is 8.65. The monoisotopic (exact) mass is 240 g/mol. The van der Waals surface area contributed by atoms with Crippen LogP contribution in [0, 0.1) is 6.92 Å². The topological polar surface area (TPSA) is 55.0 Å². The van der Waals surface area contributed by atoms with Crippen LogP contribution in [-0.2, 0) is 6.42 Å². The molecule has 0 saturated carbocycles. The standard InChI is InChI=1S/C14H16N4/c1-9-3-5-10(6-4-9)12-11-7-8-18(2)13(11)17-14(15)16-12/h3-6H,7-8H2,1-2H3,(H2,15,16,17). The predicted octanol–water partition coefficient (Wildman–Crippen LogP) is 2.03. The van der Waals surface area contributed by atoms with Gasteiger partial charge in [-0.25, -0.2) is 4.98 Å². The molecule has 18 heavy (non-hydrogen) atoms. The van der Waals surface area contributed by atoms with Gasteiger partial charge in [0.15, 0.2) is 0 Å². The highest BCUT2D eigenvalue weighted by Crippen LogP contribution is 2.33. The van der Waals surface area contributed by atoms with Crippen LogP contribution in [0.2, 0.25) is 0 Å². The Bertz CT molecular complexity index is 589. The molecule has 0 atom stereocenters. The molecule has 4 heteroatoms. The Balaban J connectivity index is 2.18. The van der Waals surface area contributed by atoms with E-state index in [0.29, 0.717) is 5.95 Å². The first kappa shape index (κ1) is 11.0. The van der Waals surface area contributed by atoms with Gasteiger partial charge in [0, 0.05) is 24.7 Å². The molecule has 4 nitrogen and oxygen atoms in total. The number of nitrogens with zero attached hydrogens (tertiary/aromatic N) is 3. The lowest BCUT2D eigenvalue weighted by atomic mass is 10.0. The zero-order valence-corrected chi connectivity index (χ0v) is 10.6. The second kappa shape index (κ2) is 3.98. The maximum absolute atomic E-state index is 5.81. The lowest BCUT2D eigenvalue weighted by Gasteiger charge is -2.12. The Morgan fingerprint density at radius 1 is 1.17 bits per heavy atom. The number of benzene rings is 1. The summed E-state index contributed by atoms with van der Waals surface area (Å²) in [6.07, 6.45) is 0.981. The van der Waals surface area contributed by atoms with E-state index in [4.69, 9.17) is 5.73 Å². The maximum atomic E-state index is 5.81. The van der Waals surface area contributed by atoms with E-state index in [-0.39, 0.29) is 0 Å². The van der Waals surface area contributed by atoms with Crippen LogP contribution in [0.3, 0.4) is 0 Å². The Morgan fingerprint density at radius 2 is 1.89 bits per heavy atom. The number of aryl methyl sites for hydroxylation is 1. The van der Waals surface area contributed by atoms with Crippen molar-refractivity contribution in [1.82, 2.24) is 9.97 Å². The minimum Gasteiger partial charge on any atom is -0.368 e. The van der Waals surface area contributed by atoms with Crippen LogP contribution < -0.4 is 10.6 Å². The summed E-state index contributed by atoms with van der Waals surface area (Å²) in [5.41, 5.74) is 10.3. The first-order valence-electron chi connectivity index (χ1n) is 6.10. The van der Waals surface area contributed by atoms with Crippen LogP contribution in [0.1, 0.15) is 11.1 Å². The smallest absolute Gasteiger partial charge is 0.222 e. The number of nitrogens with two attached hydrogens (primary N) is 1. The Morgan fingerprint density at radius 3 is 2.61 bits per heavy atom. The second-order valence-corrected chi connectivity index (χ2v) is 4.77. The second-order valence-electron chi connectivity index (χ2n) is 4.77. The summed E-state index contributed by atoms with van der Waals surface area (Å²) in [6, 6.07) is 8.38. The first-order valence-corrected chi connectivity index (χ1v) is 6.10. The summed E-state index contributed by atoms with van der Waals surface area (Å²) in [6.45, 7) is 3.06. The van der Waals surface area contributed by atoms with Gasteiger partial charge in [-0.2, -0.15) is 4.98 Å². The average Bonchev–Trinajstić information content (AvgIpc) is 2.71. The number of anilines is 2. The number of nitrogen functional groups attached to an aromatic ring is 1. The van der Waals surface area contributed by atoms with Crippen molar-refractivity contribution in [2.45, 2.75) is 13.3 Å². The summed E-state index contributed by atoms with van der Waals surface area (Å²) < 4.78 is 0. The highest BCUT2D eigenvalue weighted by Gasteiger charge is 2.23. The zero-order valence-electron chi connectivity index (χ0n) is 10.6. The van der Waals surface area contributed by atoms with Gasteiger partial charge in [-0.05, 0) is 13.3 Å². The van der Waals surface area contributed by atoms with E-state index in [2.05, 4.69) is 46.1 Å². The molecule has 0 spiro atoms. The van der Waals surface area contributed by atoms with E-state index in [1.165, 1.54) is 11.1 Å². The Labute approximate surface area is 106 Å². The SMILES string of the molecule is Cc1ccc(-c2nc(N)nc3c2CCN3C)cc1. The zero-order chi connectivity index (χ0) is 12.7. The van der Waals surface area contributed by atoms with Gasteiger partial charge in [0.25, 0.3) is 0 Å². The summed E-state index contributed by atoms with van der Waals surface area (Å²) in [4.78, 5) is 10.9. The molecule has 0 fully saturated rings. The molecular weight excluding hydrogens is 224 g/mol. The molecule has 0 unspecified atom stereocenters.